The van der Waals surface area contributed by atoms with Gasteiger partial charge in [-0.05, 0) is 58.0 Å². The van der Waals surface area contributed by atoms with Gasteiger partial charge in [0.2, 0.25) is 0 Å². The highest BCUT2D eigenvalue weighted by Crippen LogP contribution is 2.22. The Kier molecular flexibility index (Phi) is 5.05. The second-order valence-electron chi connectivity index (χ2n) is 6.18. The molecule has 0 aliphatic heterocycles. The van der Waals surface area contributed by atoms with E-state index in [9.17, 15) is 9.59 Å². The molecule has 0 atom stereocenters. The molecule has 0 saturated carbocycles. The van der Waals surface area contributed by atoms with Crippen LogP contribution in [0.2, 0.25) is 5.02 Å². The molecule has 0 saturated heterocycles. The van der Waals surface area contributed by atoms with Crippen LogP contribution >= 0.6 is 11.6 Å². The number of carbonyl (C=O) groups excluding carboxylic acids is 2. The number of nitrogens with zero attached hydrogens (tertiary/aromatic N) is 2. The summed E-state index contributed by atoms with van der Waals surface area (Å²) in [6.45, 7) is 7.14. The third-order valence-electron chi connectivity index (χ3n) is 4.15. The number of hydrogen-bond acceptors (Lipinski definition) is 4. The molecule has 1 aromatic carbocycles. The molecular weight excluding hydrogens is 368 g/mol. The number of aromatic nitrogens is 2. The third-order valence-corrected chi connectivity index (χ3v) is 4.70. The summed E-state index contributed by atoms with van der Waals surface area (Å²) < 4.78 is 7.02. The van der Waals surface area contributed by atoms with Crippen molar-refractivity contribution in [2.75, 3.05) is 0 Å². The fraction of sp³-hybridized carbons (Fsp3) is 0.211. The zero-order valence-corrected chi connectivity index (χ0v) is 16.1. The minimum Gasteiger partial charge on any atom is -0.466 e. The molecule has 2 N–H and O–H groups in total. The molecule has 140 valence electrons. The minimum absolute atomic E-state index is 0.379. The normalized spacial score (nSPS) is 10.7. The molecule has 2 heterocycles. The monoisotopic (exact) mass is 386 g/mol. The average molecular weight is 387 g/mol. The Balaban J connectivity index is 1.68. The first-order valence-corrected chi connectivity index (χ1v) is 8.65. The summed E-state index contributed by atoms with van der Waals surface area (Å²) >= 11 is 6.17. The van der Waals surface area contributed by atoms with Crippen LogP contribution in [0.3, 0.4) is 0 Å². The van der Waals surface area contributed by atoms with E-state index in [2.05, 4.69) is 16.0 Å². The zero-order valence-electron chi connectivity index (χ0n) is 15.4. The molecule has 0 unspecified atom stereocenters. The molecule has 2 aromatic heterocycles. The van der Waals surface area contributed by atoms with Crippen molar-refractivity contribution in [3.05, 3.63) is 69.4 Å². The smallest absolute Gasteiger partial charge is 0.273 e. The van der Waals surface area contributed by atoms with Crippen LogP contribution in [-0.4, -0.2) is 21.6 Å². The lowest BCUT2D eigenvalue weighted by Crippen LogP contribution is -2.41. The van der Waals surface area contributed by atoms with Crippen molar-refractivity contribution in [3.8, 4) is 5.69 Å². The first-order chi connectivity index (χ1) is 12.8. The minimum atomic E-state index is -0.438. The SMILES string of the molecule is Cc1cc(C(=O)NNC(=O)c2ccc(-n3nc(C)c(Cl)c3C)cc2)c(C)o1. The van der Waals surface area contributed by atoms with Crippen LogP contribution in [0.1, 0.15) is 43.6 Å². The number of carbonyl (C=O) groups is 2. The fourth-order valence-electron chi connectivity index (χ4n) is 2.74. The summed E-state index contributed by atoms with van der Waals surface area (Å²) in [5, 5.41) is 4.99. The van der Waals surface area contributed by atoms with Crippen LogP contribution < -0.4 is 10.9 Å². The van der Waals surface area contributed by atoms with Gasteiger partial charge in [0, 0.05) is 5.56 Å². The second kappa shape index (κ2) is 7.28. The maximum Gasteiger partial charge on any atom is 0.273 e. The zero-order chi connectivity index (χ0) is 19.7. The van der Waals surface area contributed by atoms with Gasteiger partial charge in [0.1, 0.15) is 11.5 Å². The molecule has 0 fully saturated rings. The summed E-state index contributed by atoms with van der Waals surface area (Å²) in [5.41, 5.74) is 7.90. The van der Waals surface area contributed by atoms with Crippen LogP contribution in [0.5, 0.6) is 0 Å². The largest absolute Gasteiger partial charge is 0.466 e. The van der Waals surface area contributed by atoms with E-state index in [-0.39, 0.29) is 0 Å². The highest BCUT2D eigenvalue weighted by atomic mass is 35.5. The molecule has 0 aliphatic carbocycles. The van der Waals surface area contributed by atoms with Crippen LogP contribution in [-0.2, 0) is 0 Å². The van der Waals surface area contributed by atoms with Gasteiger partial charge >= 0.3 is 0 Å². The third kappa shape index (κ3) is 3.73. The van der Waals surface area contributed by atoms with Gasteiger partial charge in [-0.15, -0.1) is 0 Å². The van der Waals surface area contributed by atoms with Gasteiger partial charge in [0.15, 0.2) is 0 Å². The van der Waals surface area contributed by atoms with Crippen molar-refractivity contribution < 1.29 is 14.0 Å². The van der Waals surface area contributed by atoms with Crippen LogP contribution in [0, 0.1) is 27.7 Å². The molecule has 3 aromatic rings. The molecule has 27 heavy (non-hydrogen) atoms. The van der Waals surface area contributed by atoms with Gasteiger partial charge in [-0.2, -0.15) is 5.10 Å². The molecule has 2 amide bonds. The van der Waals surface area contributed by atoms with E-state index in [4.69, 9.17) is 16.0 Å². The number of nitrogens with one attached hydrogen (secondary N) is 2. The summed E-state index contributed by atoms with van der Waals surface area (Å²) in [4.78, 5) is 24.4. The van der Waals surface area contributed by atoms with Gasteiger partial charge in [0.05, 0.1) is 27.7 Å². The summed E-state index contributed by atoms with van der Waals surface area (Å²) in [6.07, 6.45) is 0. The van der Waals surface area contributed by atoms with Gasteiger partial charge in [-0.1, -0.05) is 11.6 Å². The summed E-state index contributed by atoms with van der Waals surface area (Å²) in [5.74, 6) is 0.252. The van der Waals surface area contributed by atoms with Crippen LogP contribution in [0.15, 0.2) is 34.7 Å². The number of aryl methyl sites for hydroxylation is 3. The first-order valence-electron chi connectivity index (χ1n) is 8.28. The van der Waals surface area contributed by atoms with E-state index in [1.165, 1.54) is 0 Å². The lowest BCUT2D eigenvalue weighted by atomic mass is 10.2. The van der Waals surface area contributed by atoms with Gasteiger partial charge in [-0.25, -0.2) is 4.68 Å². The van der Waals surface area contributed by atoms with Gasteiger partial charge < -0.3 is 4.42 Å². The highest BCUT2D eigenvalue weighted by Gasteiger charge is 2.15. The Morgan fingerprint density at radius 1 is 1.04 bits per heavy atom. The lowest BCUT2D eigenvalue weighted by molar-refractivity contribution is 0.0845. The van der Waals surface area contributed by atoms with Gasteiger partial charge in [-0.3, -0.25) is 20.4 Å². The van der Waals surface area contributed by atoms with Crippen molar-refractivity contribution >= 4 is 23.4 Å². The average Bonchev–Trinajstić information content (AvgIpc) is 3.12. The predicted octanol–water partition coefficient (Wildman–Crippen LogP) is 3.43. The number of furan rings is 1. The molecular formula is C19H19ClN4O3. The van der Waals surface area contributed by atoms with Crippen molar-refractivity contribution in [2.24, 2.45) is 0 Å². The molecule has 0 aliphatic rings. The Labute approximate surface area is 161 Å². The maximum atomic E-state index is 12.3. The standard InChI is InChI=1S/C19H19ClN4O3/c1-10-9-16(13(4)27-10)19(26)22-21-18(25)14-5-7-15(8-6-14)24-12(3)17(20)11(2)23-24/h5-9H,1-4H3,(H,21,25)(H,22,26). The van der Waals surface area contributed by atoms with Crippen molar-refractivity contribution in [1.29, 1.82) is 0 Å². The maximum absolute atomic E-state index is 12.3. The summed E-state index contributed by atoms with van der Waals surface area (Å²) in [7, 11) is 0. The number of rotatable bonds is 3. The van der Waals surface area contributed by atoms with E-state index >= 15 is 0 Å². The number of hydrazine groups is 1. The Hall–Kier alpha value is -3.06. The molecule has 0 radical (unpaired) electrons. The number of benzene rings is 1. The van der Waals surface area contributed by atoms with Crippen molar-refractivity contribution in [2.45, 2.75) is 27.7 Å². The van der Waals surface area contributed by atoms with Crippen LogP contribution in [0.25, 0.3) is 5.69 Å². The highest BCUT2D eigenvalue weighted by molar-refractivity contribution is 6.31. The van der Waals surface area contributed by atoms with E-state index in [0.29, 0.717) is 27.7 Å². The van der Waals surface area contributed by atoms with E-state index in [1.807, 2.05) is 13.8 Å². The van der Waals surface area contributed by atoms with E-state index < -0.39 is 11.8 Å². The molecule has 0 bridgehead atoms. The molecule has 0 spiro atoms. The van der Waals surface area contributed by atoms with E-state index in [1.54, 1.807) is 48.9 Å². The quantitative estimate of drug-likeness (QED) is 0.675. The lowest BCUT2D eigenvalue weighted by Gasteiger charge is -2.08. The van der Waals surface area contributed by atoms with Gasteiger partial charge in [0.25, 0.3) is 11.8 Å². The predicted molar refractivity (Wildman–Crippen MR) is 101 cm³/mol. The Bertz CT molecular complexity index is 1020. The van der Waals surface area contributed by atoms with Crippen molar-refractivity contribution in [3.63, 3.8) is 0 Å². The number of halogens is 1. The molecule has 7 nitrogen and oxygen atoms in total. The molecule has 8 heteroatoms. The fourth-order valence-corrected chi connectivity index (χ4v) is 2.86. The molecule has 3 rings (SSSR count). The van der Waals surface area contributed by atoms with E-state index in [0.717, 1.165) is 17.1 Å². The number of hydrogen-bond donors (Lipinski definition) is 2. The number of amides is 2. The first kappa shape index (κ1) is 18.7. The Morgan fingerprint density at radius 3 is 2.19 bits per heavy atom. The summed E-state index contributed by atoms with van der Waals surface area (Å²) in [6, 6.07) is 8.43. The van der Waals surface area contributed by atoms with Crippen molar-refractivity contribution in [1.82, 2.24) is 20.6 Å². The Morgan fingerprint density at radius 2 is 1.67 bits per heavy atom. The second-order valence-corrected chi connectivity index (χ2v) is 6.56. The van der Waals surface area contributed by atoms with Crippen LogP contribution in [0.4, 0.5) is 0 Å². The topological polar surface area (TPSA) is 89.2 Å².